The van der Waals surface area contributed by atoms with Crippen molar-refractivity contribution in [1.82, 2.24) is 19.8 Å². The Morgan fingerprint density at radius 1 is 1.00 bits per heavy atom. The number of nitrogens with one attached hydrogen (secondary N) is 1. The summed E-state index contributed by atoms with van der Waals surface area (Å²) in [6, 6.07) is 9.79. The molecule has 3 N–H and O–H groups in total. The van der Waals surface area contributed by atoms with Crippen molar-refractivity contribution in [2.24, 2.45) is 5.73 Å². The Balaban J connectivity index is 1.22. The molecule has 0 spiro atoms. The maximum Gasteiger partial charge on any atom is 0.226 e. The molecule has 1 fully saturated rings. The molecule has 2 aliphatic rings. The number of carbonyl (C=O) groups excluding carboxylic acids is 2. The minimum absolute atomic E-state index is 0.119. The van der Waals surface area contributed by atoms with Gasteiger partial charge in [-0.15, -0.1) is 0 Å². The first-order chi connectivity index (χ1) is 19.4. The zero-order valence-electron chi connectivity index (χ0n) is 22.0. The summed E-state index contributed by atoms with van der Waals surface area (Å²) in [5.74, 6) is 0.200. The van der Waals surface area contributed by atoms with Crippen molar-refractivity contribution >= 4 is 40.6 Å². The molecule has 5 rings (SSSR count). The number of piperazine rings is 1. The molecule has 0 saturated carbocycles. The molecule has 40 heavy (non-hydrogen) atoms. The lowest BCUT2D eigenvalue weighted by Gasteiger charge is -2.34. The Morgan fingerprint density at radius 2 is 1.75 bits per heavy atom. The van der Waals surface area contributed by atoms with Gasteiger partial charge in [0.2, 0.25) is 11.8 Å². The molecule has 210 valence electrons. The minimum Gasteiger partial charge on any atom is -0.488 e. The second-order valence-electron chi connectivity index (χ2n) is 9.76. The molecule has 3 aromatic rings. The molecular weight excluding hydrogens is 537 g/mol. The van der Waals surface area contributed by atoms with Crippen LogP contribution in [0.1, 0.15) is 12.8 Å². The van der Waals surface area contributed by atoms with Crippen LogP contribution in [0.4, 0.5) is 21.6 Å². The lowest BCUT2D eigenvalue weighted by Crippen LogP contribution is -2.47. The van der Waals surface area contributed by atoms with Crippen LogP contribution in [-0.2, 0) is 9.59 Å². The van der Waals surface area contributed by atoms with E-state index in [-0.39, 0.29) is 11.8 Å². The summed E-state index contributed by atoms with van der Waals surface area (Å²) in [4.78, 5) is 38.9. The van der Waals surface area contributed by atoms with E-state index in [4.69, 9.17) is 22.1 Å². The molecule has 2 amide bonds. The van der Waals surface area contributed by atoms with Crippen LogP contribution in [-0.4, -0.2) is 84.0 Å². The smallest absolute Gasteiger partial charge is 0.226 e. The number of anilines is 3. The second kappa shape index (κ2) is 12.6. The van der Waals surface area contributed by atoms with E-state index in [1.165, 1.54) is 12.1 Å². The van der Waals surface area contributed by atoms with Crippen molar-refractivity contribution in [3.63, 3.8) is 0 Å². The predicted octanol–water partition coefficient (Wildman–Crippen LogP) is 3.29. The fraction of sp³-hybridized carbons (Fsp3) is 0.357. The summed E-state index contributed by atoms with van der Waals surface area (Å²) in [7, 11) is 0. The van der Waals surface area contributed by atoms with Crippen LogP contribution < -0.4 is 20.7 Å². The van der Waals surface area contributed by atoms with E-state index in [9.17, 15) is 14.0 Å². The fourth-order valence-corrected chi connectivity index (χ4v) is 5.03. The van der Waals surface area contributed by atoms with Crippen molar-refractivity contribution in [1.29, 1.82) is 0 Å². The number of rotatable bonds is 9. The van der Waals surface area contributed by atoms with Gasteiger partial charge in [0.15, 0.2) is 5.75 Å². The molecule has 12 heteroatoms. The van der Waals surface area contributed by atoms with Crippen LogP contribution in [0.5, 0.6) is 5.75 Å². The highest BCUT2D eigenvalue weighted by atomic mass is 35.5. The number of primary amides is 1. The highest BCUT2D eigenvalue weighted by Crippen LogP contribution is 2.39. The van der Waals surface area contributed by atoms with Gasteiger partial charge in [0.05, 0.1) is 24.1 Å². The van der Waals surface area contributed by atoms with Crippen LogP contribution in [0.25, 0.3) is 11.3 Å². The van der Waals surface area contributed by atoms with Gasteiger partial charge in [-0.2, -0.15) is 0 Å². The molecule has 0 aliphatic carbocycles. The second-order valence-corrected chi connectivity index (χ2v) is 10.2. The topological polar surface area (TPSA) is 117 Å². The number of hydrogen-bond donors (Lipinski definition) is 2. The van der Waals surface area contributed by atoms with Crippen molar-refractivity contribution in [2.75, 3.05) is 62.6 Å². The van der Waals surface area contributed by atoms with E-state index in [2.05, 4.69) is 25.1 Å². The van der Waals surface area contributed by atoms with Crippen molar-refractivity contribution in [2.45, 2.75) is 12.8 Å². The normalized spacial score (nSPS) is 15.8. The van der Waals surface area contributed by atoms with E-state index < -0.39 is 5.82 Å². The van der Waals surface area contributed by atoms with Gasteiger partial charge in [0.1, 0.15) is 18.2 Å². The first-order valence-corrected chi connectivity index (χ1v) is 13.6. The maximum absolute atomic E-state index is 14.5. The number of nitrogens with zero attached hydrogens (tertiary/aromatic N) is 5. The van der Waals surface area contributed by atoms with Gasteiger partial charge in [-0.25, -0.2) is 9.37 Å². The number of pyridine rings is 2. The third-order valence-electron chi connectivity index (χ3n) is 7.03. The van der Waals surface area contributed by atoms with Gasteiger partial charge in [0, 0.05) is 80.6 Å². The zero-order valence-corrected chi connectivity index (χ0v) is 22.7. The van der Waals surface area contributed by atoms with E-state index >= 15 is 0 Å². The van der Waals surface area contributed by atoms with Gasteiger partial charge in [0.25, 0.3) is 0 Å². The van der Waals surface area contributed by atoms with Gasteiger partial charge in [-0.05, 0) is 30.3 Å². The van der Waals surface area contributed by atoms with Crippen LogP contribution in [0.3, 0.4) is 0 Å². The summed E-state index contributed by atoms with van der Waals surface area (Å²) < 4.78 is 20.3. The summed E-state index contributed by atoms with van der Waals surface area (Å²) >= 11 is 6.10. The summed E-state index contributed by atoms with van der Waals surface area (Å²) in [5, 5.41) is 3.32. The van der Waals surface area contributed by atoms with Crippen molar-refractivity contribution in [3.8, 4) is 17.0 Å². The maximum atomic E-state index is 14.5. The van der Waals surface area contributed by atoms with E-state index in [0.717, 1.165) is 37.6 Å². The monoisotopic (exact) mass is 567 g/mol. The Bertz CT molecular complexity index is 1380. The third kappa shape index (κ3) is 6.85. The van der Waals surface area contributed by atoms with E-state index in [1.54, 1.807) is 24.5 Å². The predicted molar refractivity (Wildman–Crippen MR) is 151 cm³/mol. The highest BCUT2D eigenvalue weighted by molar-refractivity contribution is 6.30. The molecule has 0 bridgehead atoms. The Hall–Kier alpha value is -3.80. The van der Waals surface area contributed by atoms with Gasteiger partial charge < -0.3 is 30.5 Å². The Morgan fingerprint density at radius 3 is 2.50 bits per heavy atom. The largest absolute Gasteiger partial charge is 0.488 e. The first-order valence-electron chi connectivity index (χ1n) is 13.2. The number of fused-ring (bicyclic) bond motifs is 1. The van der Waals surface area contributed by atoms with Crippen LogP contribution >= 0.6 is 11.6 Å². The van der Waals surface area contributed by atoms with Crippen LogP contribution in [0, 0.1) is 5.82 Å². The molecule has 4 heterocycles. The summed E-state index contributed by atoms with van der Waals surface area (Å²) in [5.41, 5.74) is 7.52. The average molecular weight is 568 g/mol. The van der Waals surface area contributed by atoms with Crippen molar-refractivity contribution < 1.29 is 18.7 Å². The molecule has 0 unspecified atom stereocenters. The number of hydrogen-bond acceptors (Lipinski definition) is 8. The quantitative estimate of drug-likeness (QED) is 0.405. The number of aromatic nitrogens is 2. The summed E-state index contributed by atoms with van der Waals surface area (Å²) in [6.07, 6.45) is 3.93. The van der Waals surface area contributed by atoms with Gasteiger partial charge >= 0.3 is 0 Å². The van der Waals surface area contributed by atoms with E-state index in [0.29, 0.717) is 66.9 Å². The molecule has 2 aliphatic heterocycles. The fourth-order valence-electron chi connectivity index (χ4n) is 4.86. The highest BCUT2D eigenvalue weighted by Gasteiger charge is 2.23. The third-order valence-corrected chi connectivity index (χ3v) is 7.27. The van der Waals surface area contributed by atoms with Crippen molar-refractivity contribution in [3.05, 3.63) is 59.6 Å². The molecule has 1 aromatic carbocycles. The number of nitrogens with two attached hydrogens (primary N) is 1. The number of benzene rings is 1. The van der Waals surface area contributed by atoms with Gasteiger partial charge in [-0.1, -0.05) is 11.6 Å². The minimum atomic E-state index is -0.418. The first kappa shape index (κ1) is 27.8. The standard InChI is InChI=1S/C28H31ClFN7O3/c29-19-1-2-22(30)21(15-19)23-17-24-25(18-33-23)40-14-13-37(24)20-3-6-32-27(16-20)34-28(39)5-8-36-11-9-35(10-12-36)7-4-26(31)38/h1-3,6,15-18H,4-5,7-14H2,(H2,31,38)(H,32,34,39). The SMILES string of the molecule is NC(=O)CCN1CCN(CCC(=O)Nc2cc(N3CCOc4cnc(-c5cc(Cl)ccc5F)cc43)ccn2)CC1. The van der Waals surface area contributed by atoms with E-state index in [1.807, 2.05) is 17.0 Å². The summed E-state index contributed by atoms with van der Waals surface area (Å²) in [6.45, 7) is 5.69. The molecular formula is C28H31ClFN7O3. The molecule has 0 radical (unpaired) electrons. The average Bonchev–Trinajstić information content (AvgIpc) is 2.96. The zero-order chi connectivity index (χ0) is 28.1. The molecule has 2 aromatic heterocycles. The van der Waals surface area contributed by atoms with Gasteiger partial charge in [-0.3, -0.25) is 14.6 Å². The number of amides is 2. The molecule has 0 atom stereocenters. The number of carbonyl (C=O) groups is 2. The Kier molecular flexibility index (Phi) is 8.73. The lowest BCUT2D eigenvalue weighted by molar-refractivity contribution is -0.119. The van der Waals surface area contributed by atoms with Crippen LogP contribution in [0.2, 0.25) is 5.02 Å². The molecule has 1 saturated heterocycles. The van der Waals surface area contributed by atoms with Crippen LogP contribution in [0.15, 0.2) is 48.8 Å². The number of halogens is 2. The lowest BCUT2D eigenvalue weighted by atomic mass is 10.1. The Labute approximate surface area is 236 Å². The molecule has 10 nitrogen and oxygen atoms in total. The number of ether oxygens (including phenoxy) is 1.